The molecular weight excluding hydrogens is 362 g/mol. The first-order valence-electron chi connectivity index (χ1n) is 9.75. The molecule has 4 aromatic rings. The van der Waals surface area contributed by atoms with Crippen LogP contribution in [0.3, 0.4) is 0 Å². The quantitative estimate of drug-likeness (QED) is 0.438. The highest BCUT2D eigenvalue weighted by Crippen LogP contribution is 2.41. The van der Waals surface area contributed by atoms with Gasteiger partial charge >= 0.3 is 6.03 Å². The van der Waals surface area contributed by atoms with Crippen molar-refractivity contribution in [3.63, 3.8) is 0 Å². The second kappa shape index (κ2) is 7.05. The minimum Gasteiger partial charge on any atom is -0.308 e. The molecule has 5 rings (SSSR count). The van der Waals surface area contributed by atoms with E-state index in [-0.39, 0.29) is 6.03 Å². The van der Waals surface area contributed by atoms with Gasteiger partial charge in [-0.2, -0.15) is 5.10 Å². The molecule has 0 saturated heterocycles. The first-order valence-corrected chi connectivity index (χ1v) is 9.75. The van der Waals surface area contributed by atoms with Crippen LogP contribution in [0, 0.1) is 6.92 Å². The van der Waals surface area contributed by atoms with E-state index in [0.717, 1.165) is 44.8 Å². The molecule has 2 amide bonds. The van der Waals surface area contributed by atoms with Crippen LogP contribution < -0.4 is 10.6 Å². The maximum atomic E-state index is 12.3. The SMILES string of the molecule is Cc1cccc(NC(=O)Nc2ccc(-c3cc(C4CC4)nc4[nH]ncc34)cc2)c1. The van der Waals surface area contributed by atoms with Crippen molar-refractivity contribution in [2.45, 2.75) is 25.7 Å². The van der Waals surface area contributed by atoms with E-state index in [1.807, 2.05) is 61.7 Å². The van der Waals surface area contributed by atoms with Gasteiger partial charge in [0, 0.05) is 28.4 Å². The average molecular weight is 383 g/mol. The smallest absolute Gasteiger partial charge is 0.308 e. The Kier molecular flexibility index (Phi) is 4.24. The number of nitrogens with one attached hydrogen (secondary N) is 3. The number of nitrogens with zero attached hydrogens (tertiary/aromatic N) is 2. The molecule has 1 fully saturated rings. The number of aryl methyl sites for hydroxylation is 1. The van der Waals surface area contributed by atoms with Gasteiger partial charge < -0.3 is 10.6 Å². The second-order valence-corrected chi connectivity index (χ2v) is 7.53. The summed E-state index contributed by atoms with van der Waals surface area (Å²) in [4.78, 5) is 17.0. The van der Waals surface area contributed by atoms with Crippen molar-refractivity contribution in [3.8, 4) is 11.1 Å². The predicted molar refractivity (Wildman–Crippen MR) is 115 cm³/mol. The summed E-state index contributed by atoms with van der Waals surface area (Å²) in [7, 11) is 0. The van der Waals surface area contributed by atoms with Crippen LogP contribution in [-0.2, 0) is 0 Å². The molecule has 6 heteroatoms. The minimum absolute atomic E-state index is 0.263. The molecule has 6 nitrogen and oxygen atoms in total. The number of hydrogen-bond acceptors (Lipinski definition) is 3. The van der Waals surface area contributed by atoms with Gasteiger partial charge in [0.25, 0.3) is 0 Å². The molecule has 2 aromatic heterocycles. The Bertz CT molecular complexity index is 1190. The molecule has 0 radical (unpaired) electrons. The van der Waals surface area contributed by atoms with E-state index in [4.69, 9.17) is 4.98 Å². The van der Waals surface area contributed by atoms with Crippen LogP contribution in [-0.4, -0.2) is 21.2 Å². The molecule has 1 saturated carbocycles. The summed E-state index contributed by atoms with van der Waals surface area (Å²) < 4.78 is 0. The Morgan fingerprint density at radius 2 is 1.83 bits per heavy atom. The van der Waals surface area contributed by atoms with E-state index in [9.17, 15) is 4.79 Å². The third kappa shape index (κ3) is 3.69. The van der Waals surface area contributed by atoms with Crippen molar-refractivity contribution in [3.05, 3.63) is 72.1 Å². The number of rotatable bonds is 4. The van der Waals surface area contributed by atoms with Crippen molar-refractivity contribution in [2.75, 3.05) is 10.6 Å². The van der Waals surface area contributed by atoms with Gasteiger partial charge in [-0.25, -0.2) is 9.78 Å². The summed E-state index contributed by atoms with van der Waals surface area (Å²) >= 11 is 0. The number of amides is 2. The van der Waals surface area contributed by atoms with Gasteiger partial charge in [0.05, 0.1) is 6.20 Å². The maximum Gasteiger partial charge on any atom is 0.323 e. The molecular formula is C23H21N5O. The number of carbonyl (C=O) groups excluding carboxylic acids is 1. The molecule has 0 aliphatic heterocycles. The zero-order valence-corrected chi connectivity index (χ0v) is 16.1. The van der Waals surface area contributed by atoms with Crippen molar-refractivity contribution in [2.24, 2.45) is 0 Å². The van der Waals surface area contributed by atoms with E-state index < -0.39 is 0 Å². The second-order valence-electron chi connectivity index (χ2n) is 7.53. The lowest BCUT2D eigenvalue weighted by Crippen LogP contribution is -2.19. The molecule has 2 heterocycles. The van der Waals surface area contributed by atoms with Crippen molar-refractivity contribution >= 4 is 28.4 Å². The van der Waals surface area contributed by atoms with Crippen LogP contribution in [0.2, 0.25) is 0 Å². The van der Waals surface area contributed by atoms with E-state index in [0.29, 0.717) is 5.92 Å². The Morgan fingerprint density at radius 3 is 2.59 bits per heavy atom. The van der Waals surface area contributed by atoms with Gasteiger partial charge in [-0.1, -0.05) is 24.3 Å². The number of pyridine rings is 1. The van der Waals surface area contributed by atoms with E-state index in [2.05, 4.69) is 26.9 Å². The topological polar surface area (TPSA) is 82.7 Å². The van der Waals surface area contributed by atoms with E-state index in [1.165, 1.54) is 12.8 Å². The van der Waals surface area contributed by atoms with Crippen LogP contribution in [0.4, 0.5) is 16.2 Å². The molecule has 0 unspecified atom stereocenters. The first kappa shape index (κ1) is 17.4. The number of urea groups is 1. The Balaban J connectivity index is 1.36. The van der Waals surface area contributed by atoms with Crippen LogP contribution in [0.15, 0.2) is 60.8 Å². The third-order valence-corrected chi connectivity index (χ3v) is 5.17. The van der Waals surface area contributed by atoms with Crippen LogP contribution >= 0.6 is 0 Å². The zero-order chi connectivity index (χ0) is 19.8. The molecule has 0 atom stereocenters. The Labute approximate surface area is 168 Å². The molecule has 3 N–H and O–H groups in total. The van der Waals surface area contributed by atoms with Gasteiger partial charge in [0.1, 0.15) is 0 Å². The number of H-pyrrole nitrogens is 1. The number of fused-ring (bicyclic) bond motifs is 1. The monoisotopic (exact) mass is 383 g/mol. The zero-order valence-electron chi connectivity index (χ0n) is 16.1. The lowest BCUT2D eigenvalue weighted by atomic mass is 10.0. The molecule has 1 aliphatic carbocycles. The molecule has 144 valence electrons. The van der Waals surface area contributed by atoms with Crippen molar-refractivity contribution in [1.29, 1.82) is 0 Å². The van der Waals surface area contributed by atoms with Crippen LogP contribution in [0.5, 0.6) is 0 Å². The number of benzene rings is 2. The van der Waals surface area contributed by atoms with Crippen molar-refractivity contribution in [1.82, 2.24) is 15.2 Å². The van der Waals surface area contributed by atoms with Crippen molar-refractivity contribution < 1.29 is 4.79 Å². The molecule has 1 aliphatic rings. The highest BCUT2D eigenvalue weighted by Gasteiger charge is 2.26. The summed E-state index contributed by atoms with van der Waals surface area (Å²) in [6.07, 6.45) is 4.21. The van der Waals surface area contributed by atoms with Gasteiger partial charge in [-0.15, -0.1) is 0 Å². The van der Waals surface area contributed by atoms with E-state index in [1.54, 1.807) is 0 Å². The largest absolute Gasteiger partial charge is 0.323 e. The fourth-order valence-electron chi connectivity index (χ4n) is 3.53. The summed E-state index contributed by atoms with van der Waals surface area (Å²) in [6, 6.07) is 17.5. The Morgan fingerprint density at radius 1 is 1.03 bits per heavy atom. The average Bonchev–Trinajstić information content (AvgIpc) is 3.45. The molecule has 0 spiro atoms. The number of anilines is 2. The predicted octanol–water partition coefficient (Wildman–Crippen LogP) is 5.45. The highest BCUT2D eigenvalue weighted by atomic mass is 16.2. The number of carbonyl (C=O) groups is 1. The standard InChI is InChI=1S/C23H21N5O/c1-14-3-2-4-18(11-14)26-23(29)25-17-9-7-15(8-10-17)19-12-21(16-5-6-16)27-22-20(19)13-24-28-22/h2-4,7-13,16H,5-6H2,1H3,(H,24,27,28)(H2,25,26,29). The Hall–Kier alpha value is -3.67. The lowest BCUT2D eigenvalue weighted by molar-refractivity contribution is 0.262. The normalized spacial score (nSPS) is 13.4. The highest BCUT2D eigenvalue weighted by molar-refractivity contribution is 6.00. The van der Waals surface area contributed by atoms with Gasteiger partial charge in [0.2, 0.25) is 0 Å². The summed E-state index contributed by atoms with van der Waals surface area (Å²) in [5.74, 6) is 0.563. The van der Waals surface area contributed by atoms with Gasteiger partial charge in [-0.3, -0.25) is 5.10 Å². The molecule has 0 bridgehead atoms. The van der Waals surface area contributed by atoms with E-state index >= 15 is 0 Å². The third-order valence-electron chi connectivity index (χ3n) is 5.17. The fraction of sp³-hybridized carbons (Fsp3) is 0.174. The minimum atomic E-state index is -0.263. The number of aromatic amines is 1. The first-order chi connectivity index (χ1) is 14.2. The lowest BCUT2D eigenvalue weighted by Gasteiger charge is -2.10. The van der Waals surface area contributed by atoms with Crippen LogP contribution in [0.1, 0.15) is 30.0 Å². The number of aromatic nitrogens is 3. The fourth-order valence-corrected chi connectivity index (χ4v) is 3.53. The van der Waals surface area contributed by atoms with Gasteiger partial charge in [0.15, 0.2) is 5.65 Å². The number of hydrogen-bond donors (Lipinski definition) is 3. The van der Waals surface area contributed by atoms with Crippen LogP contribution in [0.25, 0.3) is 22.2 Å². The molecule has 2 aromatic carbocycles. The van der Waals surface area contributed by atoms with Gasteiger partial charge in [-0.05, 0) is 66.8 Å². The summed E-state index contributed by atoms with van der Waals surface area (Å²) in [5, 5.41) is 13.9. The maximum absolute atomic E-state index is 12.3. The summed E-state index contributed by atoms with van der Waals surface area (Å²) in [6.45, 7) is 1.99. The molecule has 29 heavy (non-hydrogen) atoms. The summed E-state index contributed by atoms with van der Waals surface area (Å²) in [5.41, 5.74) is 6.73.